The predicted octanol–water partition coefficient (Wildman–Crippen LogP) is 2.96. The molecule has 0 saturated carbocycles. The molecule has 0 unspecified atom stereocenters. The first-order chi connectivity index (χ1) is 11.7. The highest BCUT2D eigenvalue weighted by molar-refractivity contribution is 6.31. The first-order valence-corrected chi connectivity index (χ1v) is 7.81. The summed E-state index contributed by atoms with van der Waals surface area (Å²) in [6, 6.07) is 13.2. The highest BCUT2D eigenvalue weighted by Gasteiger charge is 2.24. The van der Waals surface area contributed by atoms with Gasteiger partial charge >= 0.3 is 0 Å². The minimum atomic E-state index is -1.01. The van der Waals surface area contributed by atoms with Gasteiger partial charge in [-0.1, -0.05) is 35.0 Å². The summed E-state index contributed by atoms with van der Waals surface area (Å²) in [5, 5.41) is 19.7. The molecule has 7 heteroatoms. The van der Waals surface area contributed by atoms with Crippen molar-refractivity contribution < 1.29 is 5.11 Å². The van der Waals surface area contributed by atoms with Gasteiger partial charge in [0, 0.05) is 0 Å². The van der Waals surface area contributed by atoms with Crippen molar-refractivity contribution in [3.05, 3.63) is 77.1 Å². The first-order valence-electron chi connectivity index (χ1n) is 7.43. The van der Waals surface area contributed by atoms with E-state index in [1.165, 1.54) is 0 Å². The predicted molar refractivity (Wildman–Crippen MR) is 90.4 cm³/mol. The van der Waals surface area contributed by atoms with Gasteiger partial charge in [0.05, 0.1) is 40.1 Å². The van der Waals surface area contributed by atoms with Crippen molar-refractivity contribution in [2.45, 2.75) is 13.0 Å². The lowest BCUT2D eigenvalue weighted by Gasteiger charge is -2.14. The number of aliphatic hydroxyl groups is 1. The van der Waals surface area contributed by atoms with Crippen LogP contribution in [0.25, 0.3) is 11.2 Å². The number of hydrogen-bond donors (Lipinski definition) is 1. The average molecular weight is 340 g/mol. The average Bonchev–Trinajstić information content (AvgIpc) is 3.21. The topological polar surface area (TPSA) is 68.2 Å². The van der Waals surface area contributed by atoms with E-state index in [9.17, 15) is 5.11 Å². The van der Waals surface area contributed by atoms with E-state index in [1.807, 2.05) is 43.3 Å². The maximum Gasteiger partial charge on any atom is 0.141 e. The van der Waals surface area contributed by atoms with Crippen molar-refractivity contribution in [3.8, 4) is 5.69 Å². The highest BCUT2D eigenvalue weighted by atomic mass is 35.5. The normalized spacial score (nSPS) is 12.6. The number of hydrogen-bond acceptors (Lipinski definition) is 4. The molecule has 0 spiro atoms. The second-order valence-corrected chi connectivity index (χ2v) is 5.87. The van der Waals surface area contributed by atoms with E-state index in [1.54, 1.807) is 27.7 Å². The maximum atomic E-state index is 10.9. The van der Waals surface area contributed by atoms with E-state index in [4.69, 9.17) is 11.6 Å². The number of rotatable bonds is 3. The summed E-state index contributed by atoms with van der Waals surface area (Å²) in [7, 11) is 0. The number of aliphatic hydroxyl groups excluding tert-OH is 1. The molecule has 0 aliphatic rings. The standard InChI is InChI=1S/C17H14ClN5O/c1-11-15(20-21-23(11)12-5-3-2-4-6-12)17(24)16-14(18)8-7-13-9-19-10-22(13)16/h2-10,17,24H,1H3/t17-/m0/s1. The Hall–Kier alpha value is -2.70. The van der Waals surface area contributed by atoms with Crippen LogP contribution in [0.1, 0.15) is 23.2 Å². The molecule has 6 nitrogen and oxygen atoms in total. The van der Waals surface area contributed by atoms with Crippen LogP contribution in [-0.4, -0.2) is 29.5 Å². The number of halogens is 1. The Kier molecular flexibility index (Phi) is 3.55. The monoisotopic (exact) mass is 339 g/mol. The van der Waals surface area contributed by atoms with Gasteiger partial charge in [-0.05, 0) is 31.2 Å². The molecule has 0 aliphatic heterocycles. The van der Waals surface area contributed by atoms with Crippen LogP contribution in [0.3, 0.4) is 0 Å². The van der Waals surface area contributed by atoms with E-state index in [2.05, 4.69) is 15.3 Å². The summed E-state index contributed by atoms with van der Waals surface area (Å²) in [6.07, 6.45) is 2.32. The third-order valence-electron chi connectivity index (χ3n) is 4.02. The second-order valence-electron chi connectivity index (χ2n) is 5.47. The highest BCUT2D eigenvalue weighted by Crippen LogP contribution is 2.30. The summed E-state index contributed by atoms with van der Waals surface area (Å²) in [6.45, 7) is 1.87. The molecule has 0 amide bonds. The van der Waals surface area contributed by atoms with Gasteiger partial charge in [0.1, 0.15) is 11.8 Å². The number of benzene rings is 1. The van der Waals surface area contributed by atoms with Crippen LogP contribution in [0.2, 0.25) is 5.02 Å². The second kappa shape index (κ2) is 5.74. The van der Waals surface area contributed by atoms with Crippen molar-refractivity contribution in [2.75, 3.05) is 0 Å². The number of para-hydroxylation sites is 1. The Morgan fingerprint density at radius 3 is 2.71 bits per heavy atom. The number of pyridine rings is 1. The zero-order valence-electron chi connectivity index (χ0n) is 12.8. The maximum absolute atomic E-state index is 10.9. The third kappa shape index (κ3) is 2.28. The van der Waals surface area contributed by atoms with Gasteiger partial charge in [0.25, 0.3) is 0 Å². The van der Waals surface area contributed by atoms with Crippen LogP contribution in [0, 0.1) is 6.92 Å². The van der Waals surface area contributed by atoms with Crippen LogP contribution in [-0.2, 0) is 0 Å². The SMILES string of the molecule is Cc1c([C@H](O)c2c(Cl)ccc3cncn23)nnn1-c1ccccc1. The molecule has 24 heavy (non-hydrogen) atoms. The van der Waals surface area contributed by atoms with Crippen LogP contribution in [0.5, 0.6) is 0 Å². The molecular weight excluding hydrogens is 326 g/mol. The van der Waals surface area contributed by atoms with Gasteiger partial charge in [0.15, 0.2) is 0 Å². The number of aromatic nitrogens is 5. The fraction of sp³-hybridized carbons (Fsp3) is 0.118. The van der Waals surface area contributed by atoms with E-state index in [-0.39, 0.29) is 0 Å². The lowest BCUT2D eigenvalue weighted by molar-refractivity contribution is 0.208. The minimum Gasteiger partial charge on any atom is -0.380 e. The van der Waals surface area contributed by atoms with Gasteiger partial charge < -0.3 is 5.11 Å². The number of imidazole rings is 1. The molecule has 1 N–H and O–H groups in total. The lowest BCUT2D eigenvalue weighted by Crippen LogP contribution is -2.09. The van der Waals surface area contributed by atoms with Gasteiger partial charge in [-0.3, -0.25) is 4.40 Å². The third-order valence-corrected chi connectivity index (χ3v) is 4.34. The van der Waals surface area contributed by atoms with Crippen molar-refractivity contribution in [2.24, 2.45) is 0 Å². The molecule has 0 fully saturated rings. The van der Waals surface area contributed by atoms with E-state index in [0.717, 1.165) is 16.9 Å². The van der Waals surface area contributed by atoms with E-state index >= 15 is 0 Å². The summed E-state index contributed by atoms with van der Waals surface area (Å²) >= 11 is 6.32. The van der Waals surface area contributed by atoms with Crippen molar-refractivity contribution in [3.63, 3.8) is 0 Å². The van der Waals surface area contributed by atoms with Gasteiger partial charge in [0.2, 0.25) is 0 Å². The molecule has 0 aliphatic carbocycles. The molecular formula is C17H14ClN5O. The molecule has 1 aromatic carbocycles. The van der Waals surface area contributed by atoms with Crippen LogP contribution < -0.4 is 0 Å². The summed E-state index contributed by atoms with van der Waals surface area (Å²) in [4.78, 5) is 4.11. The Morgan fingerprint density at radius 2 is 1.92 bits per heavy atom. The quantitative estimate of drug-likeness (QED) is 0.623. The Balaban J connectivity index is 1.83. The first kappa shape index (κ1) is 14.9. The molecule has 1 atom stereocenters. The molecule has 0 bridgehead atoms. The number of nitrogens with zero attached hydrogens (tertiary/aromatic N) is 5. The van der Waals surface area contributed by atoms with Crippen LogP contribution in [0.4, 0.5) is 0 Å². The molecule has 3 aromatic heterocycles. The fourth-order valence-electron chi connectivity index (χ4n) is 2.79. The largest absolute Gasteiger partial charge is 0.380 e. The van der Waals surface area contributed by atoms with Gasteiger partial charge in [-0.15, -0.1) is 5.10 Å². The van der Waals surface area contributed by atoms with Gasteiger partial charge in [-0.2, -0.15) is 0 Å². The Labute approximate surface area is 143 Å². The summed E-state index contributed by atoms with van der Waals surface area (Å²) in [5.74, 6) is 0. The smallest absolute Gasteiger partial charge is 0.141 e. The molecule has 4 aromatic rings. The van der Waals surface area contributed by atoms with Gasteiger partial charge in [-0.25, -0.2) is 9.67 Å². The summed E-state index contributed by atoms with van der Waals surface area (Å²) < 4.78 is 3.45. The minimum absolute atomic E-state index is 0.446. The molecule has 0 saturated heterocycles. The zero-order valence-corrected chi connectivity index (χ0v) is 13.6. The Morgan fingerprint density at radius 1 is 1.12 bits per heavy atom. The Bertz CT molecular complexity index is 1010. The molecule has 4 rings (SSSR count). The van der Waals surface area contributed by atoms with E-state index < -0.39 is 6.10 Å². The zero-order chi connectivity index (χ0) is 16.7. The molecule has 3 heterocycles. The van der Waals surface area contributed by atoms with Crippen molar-refractivity contribution >= 4 is 17.1 Å². The molecule has 0 radical (unpaired) electrons. The van der Waals surface area contributed by atoms with Crippen LogP contribution in [0.15, 0.2) is 55.0 Å². The number of fused-ring (bicyclic) bond motifs is 1. The fourth-order valence-corrected chi connectivity index (χ4v) is 3.05. The van der Waals surface area contributed by atoms with E-state index in [0.29, 0.717) is 16.4 Å². The summed E-state index contributed by atoms with van der Waals surface area (Å²) in [5.41, 5.74) is 3.47. The molecule has 120 valence electrons. The van der Waals surface area contributed by atoms with Crippen molar-refractivity contribution in [1.29, 1.82) is 0 Å². The lowest BCUT2D eigenvalue weighted by atomic mass is 10.1. The van der Waals surface area contributed by atoms with Crippen LogP contribution >= 0.6 is 11.6 Å². The van der Waals surface area contributed by atoms with Crippen molar-refractivity contribution in [1.82, 2.24) is 24.4 Å².